The number of carbonyl (C=O) groups is 1. The van der Waals surface area contributed by atoms with E-state index in [1.807, 2.05) is 24.3 Å². The van der Waals surface area contributed by atoms with E-state index in [0.717, 1.165) is 10.2 Å². The molecule has 0 unspecified atom stereocenters. The number of carbonyl (C=O) groups excluding carboxylic acids is 1. The highest BCUT2D eigenvalue weighted by Crippen LogP contribution is 2.15. The van der Waals surface area contributed by atoms with E-state index in [1.165, 1.54) is 0 Å². The summed E-state index contributed by atoms with van der Waals surface area (Å²) in [6.45, 7) is 1.92. The van der Waals surface area contributed by atoms with Gasteiger partial charge >= 0.3 is 6.03 Å². The number of amides is 2. The summed E-state index contributed by atoms with van der Waals surface area (Å²) in [4.78, 5) is 11.4. The second kappa shape index (κ2) is 8.05. The van der Waals surface area contributed by atoms with Gasteiger partial charge in [-0.15, -0.1) is 0 Å². The Labute approximate surface area is 109 Å². The largest absolute Gasteiger partial charge is 0.378 e. The maximum atomic E-state index is 11.4. The number of rotatable bonds is 6. The number of ether oxygens (including phenoxy) is 1. The zero-order valence-electron chi connectivity index (χ0n) is 9.41. The number of hydrogen-bond donors (Lipinski definition) is 3. The molecule has 0 radical (unpaired) electrons. The first-order valence-electron chi connectivity index (χ1n) is 5.30. The van der Waals surface area contributed by atoms with Crippen molar-refractivity contribution in [3.63, 3.8) is 0 Å². The molecule has 0 fully saturated rings. The Morgan fingerprint density at radius 2 is 2.24 bits per heavy atom. The van der Waals surface area contributed by atoms with Crippen molar-refractivity contribution in [1.29, 1.82) is 0 Å². The molecule has 17 heavy (non-hydrogen) atoms. The molecule has 6 heteroatoms. The Hall–Kier alpha value is -1.11. The summed E-state index contributed by atoms with van der Waals surface area (Å²) in [5, 5.41) is 5.39. The molecule has 4 N–H and O–H groups in total. The normalized spacial score (nSPS) is 10.0. The van der Waals surface area contributed by atoms with Gasteiger partial charge in [0.1, 0.15) is 0 Å². The zero-order chi connectivity index (χ0) is 12.5. The number of nitrogens with two attached hydrogens (primary N) is 1. The molecule has 1 rings (SSSR count). The third-order valence-electron chi connectivity index (χ3n) is 1.88. The van der Waals surface area contributed by atoms with Crippen LogP contribution in [0, 0.1) is 0 Å². The minimum absolute atomic E-state index is 0.251. The Morgan fingerprint density at radius 3 is 2.94 bits per heavy atom. The van der Waals surface area contributed by atoms with Crippen molar-refractivity contribution in [3.05, 3.63) is 28.7 Å². The Morgan fingerprint density at radius 1 is 1.41 bits per heavy atom. The second-order valence-corrected chi connectivity index (χ2v) is 4.21. The molecule has 0 bridgehead atoms. The topological polar surface area (TPSA) is 76.4 Å². The number of hydrogen-bond acceptors (Lipinski definition) is 3. The maximum Gasteiger partial charge on any atom is 0.319 e. The van der Waals surface area contributed by atoms with Crippen molar-refractivity contribution in [2.75, 3.05) is 31.6 Å². The summed E-state index contributed by atoms with van der Waals surface area (Å²) in [5.41, 5.74) is 5.99. The van der Waals surface area contributed by atoms with Gasteiger partial charge in [-0.3, -0.25) is 0 Å². The van der Waals surface area contributed by atoms with Gasteiger partial charge in [0.05, 0.1) is 13.2 Å². The Kier molecular flexibility index (Phi) is 6.61. The van der Waals surface area contributed by atoms with Gasteiger partial charge in [-0.1, -0.05) is 22.0 Å². The molecule has 0 heterocycles. The van der Waals surface area contributed by atoms with Gasteiger partial charge in [-0.25, -0.2) is 4.79 Å². The van der Waals surface area contributed by atoms with Crippen LogP contribution in [0.25, 0.3) is 0 Å². The fourth-order valence-electron chi connectivity index (χ4n) is 1.16. The van der Waals surface area contributed by atoms with Gasteiger partial charge < -0.3 is 21.1 Å². The molecule has 0 aliphatic carbocycles. The first kappa shape index (κ1) is 14.0. The van der Waals surface area contributed by atoms with Crippen LogP contribution in [0.3, 0.4) is 0 Å². The van der Waals surface area contributed by atoms with E-state index in [2.05, 4.69) is 26.6 Å². The lowest BCUT2D eigenvalue weighted by atomic mass is 10.3. The average Bonchev–Trinajstić information content (AvgIpc) is 2.29. The summed E-state index contributed by atoms with van der Waals surface area (Å²) in [6.07, 6.45) is 0. The zero-order valence-corrected chi connectivity index (χ0v) is 11.0. The smallest absolute Gasteiger partial charge is 0.319 e. The molecule has 5 nitrogen and oxygen atoms in total. The van der Waals surface area contributed by atoms with Gasteiger partial charge in [0.15, 0.2) is 0 Å². The number of benzene rings is 1. The highest BCUT2D eigenvalue weighted by molar-refractivity contribution is 9.10. The number of anilines is 1. The van der Waals surface area contributed by atoms with E-state index in [1.54, 1.807) is 0 Å². The lowest BCUT2D eigenvalue weighted by molar-refractivity contribution is 0.144. The van der Waals surface area contributed by atoms with Crippen molar-refractivity contribution in [3.8, 4) is 0 Å². The summed E-state index contributed by atoms with van der Waals surface area (Å²) in [7, 11) is 0. The van der Waals surface area contributed by atoms with Crippen LogP contribution in [0.1, 0.15) is 0 Å². The molecule has 0 aromatic heterocycles. The third kappa shape index (κ3) is 6.25. The molecule has 0 atom stereocenters. The number of halogens is 1. The maximum absolute atomic E-state index is 11.4. The summed E-state index contributed by atoms with van der Waals surface area (Å²) < 4.78 is 6.05. The van der Waals surface area contributed by atoms with Crippen molar-refractivity contribution in [2.24, 2.45) is 5.73 Å². The van der Waals surface area contributed by atoms with Gasteiger partial charge in [0, 0.05) is 23.2 Å². The molecule has 0 saturated carbocycles. The van der Waals surface area contributed by atoms with E-state index >= 15 is 0 Å². The van der Waals surface area contributed by atoms with E-state index in [4.69, 9.17) is 10.5 Å². The van der Waals surface area contributed by atoms with Crippen LogP contribution in [0.15, 0.2) is 28.7 Å². The number of nitrogens with one attached hydrogen (secondary N) is 2. The lowest BCUT2D eigenvalue weighted by Crippen LogP contribution is -2.31. The SMILES string of the molecule is NCCOCCNC(=O)Nc1cccc(Br)c1. The van der Waals surface area contributed by atoms with Crippen molar-refractivity contribution < 1.29 is 9.53 Å². The predicted molar refractivity (Wildman–Crippen MR) is 71.0 cm³/mol. The van der Waals surface area contributed by atoms with Crippen molar-refractivity contribution in [2.45, 2.75) is 0 Å². The van der Waals surface area contributed by atoms with Gasteiger partial charge in [0.25, 0.3) is 0 Å². The lowest BCUT2D eigenvalue weighted by Gasteiger charge is -2.08. The molecule has 2 amide bonds. The second-order valence-electron chi connectivity index (χ2n) is 3.29. The minimum atomic E-state index is -0.251. The third-order valence-corrected chi connectivity index (χ3v) is 2.37. The molecule has 1 aromatic rings. The fourth-order valence-corrected chi connectivity index (χ4v) is 1.56. The quantitative estimate of drug-likeness (QED) is 0.698. The van der Waals surface area contributed by atoms with Crippen LogP contribution in [-0.4, -0.2) is 32.3 Å². The minimum Gasteiger partial charge on any atom is -0.378 e. The van der Waals surface area contributed by atoms with Crippen LogP contribution in [0.5, 0.6) is 0 Å². The van der Waals surface area contributed by atoms with Gasteiger partial charge in [-0.05, 0) is 18.2 Å². The molecule has 0 aliphatic heterocycles. The Balaban J connectivity index is 2.21. The van der Waals surface area contributed by atoms with Crippen LogP contribution in [0.4, 0.5) is 10.5 Å². The van der Waals surface area contributed by atoms with Crippen LogP contribution in [0.2, 0.25) is 0 Å². The van der Waals surface area contributed by atoms with Crippen LogP contribution in [-0.2, 0) is 4.74 Å². The van der Waals surface area contributed by atoms with E-state index in [-0.39, 0.29) is 6.03 Å². The van der Waals surface area contributed by atoms with Crippen molar-refractivity contribution in [1.82, 2.24) is 5.32 Å². The fraction of sp³-hybridized carbons (Fsp3) is 0.364. The van der Waals surface area contributed by atoms with Gasteiger partial charge in [0.2, 0.25) is 0 Å². The first-order chi connectivity index (χ1) is 8.22. The first-order valence-corrected chi connectivity index (χ1v) is 6.10. The summed E-state index contributed by atoms with van der Waals surface area (Å²) in [6, 6.07) is 7.13. The molecular weight excluding hydrogens is 286 g/mol. The molecule has 0 aliphatic rings. The van der Waals surface area contributed by atoms with E-state index < -0.39 is 0 Å². The van der Waals surface area contributed by atoms with Crippen LogP contribution < -0.4 is 16.4 Å². The van der Waals surface area contributed by atoms with E-state index in [9.17, 15) is 4.79 Å². The standard InChI is InChI=1S/C11H16BrN3O2/c12-9-2-1-3-10(8-9)15-11(16)14-5-7-17-6-4-13/h1-3,8H,4-7,13H2,(H2,14,15,16). The van der Waals surface area contributed by atoms with Crippen LogP contribution >= 0.6 is 15.9 Å². The summed E-state index contributed by atoms with van der Waals surface area (Å²) >= 11 is 3.33. The highest BCUT2D eigenvalue weighted by Gasteiger charge is 2.00. The van der Waals surface area contributed by atoms with Gasteiger partial charge in [-0.2, -0.15) is 0 Å². The highest BCUT2D eigenvalue weighted by atomic mass is 79.9. The molecule has 0 spiro atoms. The Bertz CT molecular complexity index is 360. The average molecular weight is 302 g/mol. The predicted octanol–water partition coefficient (Wildman–Crippen LogP) is 1.55. The molecular formula is C11H16BrN3O2. The molecule has 1 aromatic carbocycles. The molecule has 94 valence electrons. The monoisotopic (exact) mass is 301 g/mol. The van der Waals surface area contributed by atoms with E-state index in [0.29, 0.717) is 26.3 Å². The molecule has 0 saturated heterocycles. The summed E-state index contributed by atoms with van der Waals surface area (Å²) in [5.74, 6) is 0. The van der Waals surface area contributed by atoms with Crippen molar-refractivity contribution >= 4 is 27.6 Å². The number of urea groups is 1.